The molecule has 12 heteroatoms. The number of aromatic nitrogens is 2. The number of rotatable bonds is 10. The van der Waals surface area contributed by atoms with Crippen molar-refractivity contribution in [3.63, 3.8) is 0 Å². The van der Waals surface area contributed by atoms with Crippen LogP contribution in [0.1, 0.15) is 19.5 Å². The van der Waals surface area contributed by atoms with Gasteiger partial charge in [0.15, 0.2) is 0 Å². The fourth-order valence-corrected chi connectivity index (χ4v) is 1.97. The molecule has 1 heterocycles. The van der Waals surface area contributed by atoms with E-state index in [1.165, 1.54) is 26.4 Å². The summed E-state index contributed by atoms with van der Waals surface area (Å²) in [6.45, 7) is 2.05. The highest BCUT2D eigenvalue weighted by Crippen LogP contribution is 2.01. The van der Waals surface area contributed by atoms with Crippen LogP contribution in [0.25, 0.3) is 0 Å². The minimum Gasteiger partial charge on any atom is -0.480 e. The van der Waals surface area contributed by atoms with Crippen molar-refractivity contribution >= 4 is 23.7 Å². The van der Waals surface area contributed by atoms with E-state index in [4.69, 9.17) is 15.9 Å². The van der Waals surface area contributed by atoms with Gasteiger partial charge in [-0.25, -0.2) is 4.98 Å². The van der Waals surface area contributed by atoms with E-state index in [1.807, 2.05) is 0 Å². The number of nitrogens with zero attached hydrogens (tertiary/aromatic N) is 1. The van der Waals surface area contributed by atoms with Crippen LogP contribution in [0, 0.1) is 0 Å². The molecular weight excluding hydrogens is 360 g/mol. The van der Waals surface area contributed by atoms with Crippen molar-refractivity contribution in [1.82, 2.24) is 25.9 Å². The second kappa shape index (κ2) is 10.2. The van der Waals surface area contributed by atoms with Crippen LogP contribution in [-0.4, -0.2) is 74.6 Å². The lowest BCUT2D eigenvalue weighted by Gasteiger charge is -2.22. The Bertz CT molecular complexity index is 664. The second-order valence-corrected chi connectivity index (χ2v) is 5.93. The number of aliphatic hydroxyl groups is 1. The third-order valence-corrected chi connectivity index (χ3v) is 3.63. The van der Waals surface area contributed by atoms with Gasteiger partial charge in [0.25, 0.3) is 0 Å². The van der Waals surface area contributed by atoms with Gasteiger partial charge in [0, 0.05) is 18.3 Å². The average Bonchev–Trinajstić information content (AvgIpc) is 3.12. The van der Waals surface area contributed by atoms with Gasteiger partial charge in [-0.15, -0.1) is 0 Å². The number of hydrogen-bond donors (Lipinski definition) is 7. The van der Waals surface area contributed by atoms with Gasteiger partial charge in [-0.2, -0.15) is 0 Å². The molecule has 150 valence electrons. The molecule has 0 aromatic carbocycles. The molecule has 8 N–H and O–H groups in total. The molecule has 0 saturated carbocycles. The van der Waals surface area contributed by atoms with Crippen LogP contribution in [0.2, 0.25) is 0 Å². The summed E-state index contributed by atoms with van der Waals surface area (Å²) in [7, 11) is 0. The topological polar surface area (TPSA) is 200 Å². The Morgan fingerprint density at radius 2 is 1.74 bits per heavy atom. The lowest BCUT2D eigenvalue weighted by Crippen LogP contribution is -2.57. The third-order valence-electron chi connectivity index (χ3n) is 3.63. The summed E-state index contributed by atoms with van der Waals surface area (Å²) in [5.74, 6) is -3.34. The van der Waals surface area contributed by atoms with Crippen LogP contribution in [-0.2, 0) is 25.6 Å². The number of carbonyl (C=O) groups is 4. The van der Waals surface area contributed by atoms with E-state index >= 15 is 0 Å². The number of carbonyl (C=O) groups excluding carboxylic acids is 3. The maximum Gasteiger partial charge on any atom is 0.325 e. The smallest absolute Gasteiger partial charge is 0.325 e. The van der Waals surface area contributed by atoms with Gasteiger partial charge in [-0.05, 0) is 13.8 Å². The zero-order valence-electron chi connectivity index (χ0n) is 14.9. The molecule has 0 fully saturated rings. The maximum absolute atomic E-state index is 12.5. The SMILES string of the molecule is CC(NC(=O)C(C)NC(=O)C(Cc1cnc[nH]1)NC(=O)C(N)CO)C(=O)O. The summed E-state index contributed by atoms with van der Waals surface area (Å²) in [6.07, 6.45) is 2.90. The van der Waals surface area contributed by atoms with Crippen molar-refractivity contribution in [3.05, 3.63) is 18.2 Å². The normalized spacial score (nSPS) is 15.1. The lowest BCUT2D eigenvalue weighted by atomic mass is 10.1. The number of carboxylic acid groups (broad SMARTS) is 1. The summed E-state index contributed by atoms with van der Waals surface area (Å²) >= 11 is 0. The average molecular weight is 384 g/mol. The van der Waals surface area contributed by atoms with E-state index in [2.05, 4.69) is 25.9 Å². The fourth-order valence-electron chi connectivity index (χ4n) is 1.97. The van der Waals surface area contributed by atoms with Crippen molar-refractivity contribution in [3.8, 4) is 0 Å². The molecule has 0 bridgehead atoms. The predicted octanol–water partition coefficient (Wildman–Crippen LogP) is -3.15. The fraction of sp³-hybridized carbons (Fsp3) is 0.533. The van der Waals surface area contributed by atoms with E-state index in [9.17, 15) is 19.2 Å². The number of aliphatic carboxylic acids is 1. The van der Waals surface area contributed by atoms with Crippen molar-refractivity contribution < 1.29 is 29.4 Å². The Morgan fingerprint density at radius 1 is 1.11 bits per heavy atom. The number of amides is 3. The van der Waals surface area contributed by atoms with Crippen LogP contribution in [0.4, 0.5) is 0 Å². The van der Waals surface area contributed by atoms with E-state index in [0.717, 1.165) is 0 Å². The molecule has 4 unspecified atom stereocenters. The number of hydrogen-bond acceptors (Lipinski definition) is 7. The Hall–Kier alpha value is -2.99. The van der Waals surface area contributed by atoms with Crippen LogP contribution in [0.5, 0.6) is 0 Å². The first-order chi connectivity index (χ1) is 12.6. The number of nitrogens with two attached hydrogens (primary N) is 1. The number of aromatic amines is 1. The van der Waals surface area contributed by atoms with Crippen molar-refractivity contribution in [2.45, 2.75) is 44.4 Å². The zero-order valence-corrected chi connectivity index (χ0v) is 14.9. The van der Waals surface area contributed by atoms with Crippen LogP contribution in [0.3, 0.4) is 0 Å². The van der Waals surface area contributed by atoms with Crippen LogP contribution >= 0.6 is 0 Å². The highest BCUT2D eigenvalue weighted by molar-refractivity contribution is 5.93. The summed E-state index contributed by atoms with van der Waals surface area (Å²) in [4.78, 5) is 53.8. The molecule has 0 spiro atoms. The Morgan fingerprint density at radius 3 is 2.26 bits per heavy atom. The minimum absolute atomic E-state index is 0.0373. The number of aliphatic hydroxyl groups excluding tert-OH is 1. The molecule has 0 aliphatic carbocycles. The Labute approximate surface area is 154 Å². The molecule has 0 aliphatic rings. The Kier molecular flexibility index (Phi) is 8.35. The second-order valence-electron chi connectivity index (χ2n) is 5.93. The van der Waals surface area contributed by atoms with Gasteiger partial charge in [0.05, 0.1) is 12.9 Å². The van der Waals surface area contributed by atoms with Gasteiger partial charge >= 0.3 is 5.97 Å². The first kappa shape index (κ1) is 22.1. The first-order valence-corrected chi connectivity index (χ1v) is 8.13. The van der Waals surface area contributed by atoms with Gasteiger partial charge in [0.1, 0.15) is 24.2 Å². The quantitative estimate of drug-likeness (QED) is 0.219. The molecule has 1 aromatic rings. The molecule has 27 heavy (non-hydrogen) atoms. The molecule has 12 nitrogen and oxygen atoms in total. The molecule has 4 atom stereocenters. The van der Waals surface area contributed by atoms with Gasteiger partial charge in [-0.1, -0.05) is 0 Å². The molecule has 1 rings (SSSR count). The van der Waals surface area contributed by atoms with Gasteiger partial charge in [0.2, 0.25) is 17.7 Å². The van der Waals surface area contributed by atoms with Gasteiger partial charge in [-0.3, -0.25) is 19.2 Å². The lowest BCUT2D eigenvalue weighted by molar-refractivity contribution is -0.141. The number of H-pyrrole nitrogens is 1. The van der Waals surface area contributed by atoms with Gasteiger partial charge < -0.3 is 36.9 Å². The zero-order chi connectivity index (χ0) is 20.6. The highest BCUT2D eigenvalue weighted by atomic mass is 16.4. The van der Waals surface area contributed by atoms with Crippen LogP contribution < -0.4 is 21.7 Å². The highest BCUT2D eigenvalue weighted by Gasteiger charge is 2.27. The van der Waals surface area contributed by atoms with Crippen molar-refractivity contribution in [2.75, 3.05) is 6.61 Å². The molecular formula is C15H24N6O6. The first-order valence-electron chi connectivity index (χ1n) is 8.13. The number of carboxylic acids is 1. The molecule has 0 radical (unpaired) electrons. The monoisotopic (exact) mass is 384 g/mol. The largest absolute Gasteiger partial charge is 0.480 e. The minimum atomic E-state index is -1.22. The predicted molar refractivity (Wildman–Crippen MR) is 92.1 cm³/mol. The van der Waals surface area contributed by atoms with Crippen molar-refractivity contribution in [2.24, 2.45) is 5.73 Å². The van der Waals surface area contributed by atoms with Crippen molar-refractivity contribution in [1.29, 1.82) is 0 Å². The van der Waals surface area contributed by atoms with Crippen LogP contribution in [0.15, 0.2) is 12.5 Å². The van der Waals surface area contributed by atoms with E-state index in [-0.39, 0.29) is 6.42 Å². The molecule has 0 aliphatic heterocycles. The molecule has 3 amide bonds. The summed E-state index contributed by atoms with van der Waals surface area (Å²) < 4.78 is 0. The standard InChI is InChI=1S/C15H24N6O6/c1-7(12(23)20-8(2)15(26)27)19-14(25)11(3-9-4-17-6-18-9)21-13(24)10(16)5-22/h4,6-8,10-11,22H,3,5,16H2,1-2H3,(H,17,18)(H,19,25)(H,20,23)(H,21,24)(H,26,27). The Balaban J connectivity index is 2.78. The molecule has 0 saturated heterocycles. The number of imidazole rings is 1. The maximum atomic E-state index is 12.5. The van der Waals surface area contributed by atoms with E-state index in [0.29, 0.717) is 5.69 Å². The summed E-state index contributed by atoms with van der Waals surface area (Å²) in [6, 6.07) is -4.48. The summed E-state index contributed by atoms with van der Waals surface area (Å²) in [5.41, 5.74) is 5.98. The van der Waals surface area contributed by atoms with E-state index < -0.39 is 54.5 Å². The summed E-state index contributed by atoms with van der Waals surface area (Å²) in [5, 5.41) is 24.8. The molecule has 1 aromatic heterocycles. The number of nitrogens with one attached hydrogen (secondary N) is 4. The third kappa shape index (κ3) is 7.03. The van der Waals surface area contributed by atoms with E-state index in [1.54, 1.807) is 0 Å².